The number of aliphatic hydroxyl groups is 1. The van der Waals surface area contributed by atoms with Crippen LogP contribution in [0.2, 0.25) is 0 Å². The molecule has 6 nitrogen and oxygen atoms in total. The smallest absolute Gasteiger partial charge is 0.267 e. The van der Waals surface area contributed by atoms with Gasteiger partial charge in [0.2, 0.25) is 5.91 Å². The summed E-state index contributed by atoms with van der Waals surface area (Å²) in [5.74, 6) is -0.104. The van der Waals surface area contributed by atoms with Crippen molar-refractivity contribution in [1.29, 1.82) is 0 Å². The van der Waals surface area contributed by atoms with Crippen LogP contribution in [-0.4, -0.2) is 33.4 Å². The van der Waals surface area contributed by atoms with Gasteiger partial charge in [-0.3, -0.25) is 9.59 Å². The van der Waals surface area contributed by atoms with Crippen LogP contribution in [0, 0.1) is 5.92 Å². The van der Waals surface area contributed by atoms with Crippen LogP contribution in [0.4, 0.5) is 0 Å². The van der Waals surface area contributed by atoms with E-state index in [1.54, 1.807) is 6.07 Å². The molecule has 1 aromatic rings. The fraction of sp³-hybridized carbons (Fsp3) is 0.706. The van der Waals surface area contributed by atoms with Crippen LogP contribution in [-0.2, 0) is 24.2 Å². The lowest BCUT2D eigenvalue weighted by Gasteiger charge is -2.22. The van der Waals surface area contributed by atoms with Gasteiger partial charge in [-0.15, -0.1) is 0 Å². The molecule has 1 aliphatic rings. The Labute approximate surface area is 136 Å². The topological polar surface area (TPSA) is 84.2 Å². The highest BCUT2D eigenvalue weighted by atomic mass is 16.3. The average Bonchev–Trinajstić information content (AvgIpc) is 2.77. The van der Waals surface area contributed by atoms with Gasteiger partial charge >= 0.3 is 0 Å². The van der Waals surface area contributed by atoms with Crippen LogP contribution in [0.15, 0.2) is 10.9 Å². The highest BCUT2D eigenvalue weighted by Crippen LogP contribution is 2.16. The molecule has 128 valence electrons. The molecule has 1 aliphatic carbocycles. The van der Waals surface area contributed by atoms with Crippen LogP contribution < -0.4 is 10.9 Å². The predicted octanol–water partition coefficient (Wildman–Crippen LogP) is 1.04. The molecule has 2 rings (SSSR count). The Morgan fingerprint density at radius 3 is 2.83 bits per heavy atom. The third-order valence-corrected chi connectivity index (χ3v) is 4.69. The molecule has 1 amide bonds. The van der Waals surface area contributed by atoms with E-state index in [9.17, 15) is 14.7 Å². The van der Waals surface area contributed by atoms with Crippen LogP contribution in [0.5, 0.6) is 0 Å². The zero-order valence-corrected chi connectivity index (χ0v) is 14.0. The Hall–Kier alpha value is -1.69. The summed E-state index contributed by atoms with van der Waals surface area (Å²) in [4.78, 5) is 24.3. The van der Waals surface area contributed by atoms with E-state index in [4.69, 9.17) is 0 Å². The molecular formula is C17H27N3O3. The molecule has 0 fully saturated rings. The average molecular weight is 321 g/mol. The fourth-order valence-electron chi connectivity index (χ4n) is 2.93. The van der Waals surface area contributed by atoms with Gasteiger partial charge in [-0.1, -0.05) is 26.7 Å². The van der Waals surface area contributed by atoms with Crippen molar-refractivity contribution in [3.63, 3.8) is 0 Å². The van der Waals surface area contributed by atoms with Gasteiger partial charge in [0.25, 0.3) is 5.56 Å². The first-order valence-electron chi connectivity index (χ1n) is 8.55. The Balaban J connectivity index is 2.09. The SMILES string of the molecule is CC[C@@H](C)[C@H](CO)NC(=O)Cn1nc2c(cc1=O)CCCCC2. The zero-order valence-electron chi connectivity index (χ0n) is 14.0. The lowest BCUT2D eigenvalue weighted by atomic mass is 10.00. The van der Waals surface area contributed by atoms with Crippen LogP contribution in [0.25, 0.3) is 0 Å². The number of carbonyl (C=O) groups is 1. The largest absolute Gasteiger partial charge is 0.394 e. The summed E-state index contributed by atoms with van der Waals surface area (Å²) < 4.78 is 1.24. The second kappa shape index (κ2) is 8.24. The summed E-state index contributed by atoms with van der Waals surface area (Å²) in [5.41, 5.74) is 1.73. The molecule has 0 saturated carbocycles. The molecule has 0 radical (unpaired) electrons. The van der Waals surface area contributed by atoms with Gasteiger partial charge in [-0.2, -0.15) is 5.10 Å². The Morgan fingerprint density at radius 1 is 1.39 bits per heavy atom. The Kier molecular flexibility index (Phi) is 6.33. The molecular weight excluding hydrogens is 294 g/mol. The van der Waals surface area contributed by atoms with Crippen LogP contribution >= 0.6 is 0 Å². The van der Waals surface area contributed by atoms with Crippen molar-refractivity contribution in [2.24, 2.45) is 5.92 Å². The third kappa shape index (κ3) is 4.64. The number of fused-ring (bicyclic) bond motifs is 1. The molecule has 6 heteroatoms. The number of hydrogen-bond donors (Lipinski definition) is 2. The summed E-state index contributed by atoms with van der Waals surface area (Å²) >= 11 is 0. The standard InChI is InChI=1S/C17H27N3O3/c1-3-12(2)15(11-21)18-16(22)10-20-17(23)9-13-7-5-4-6-8-14(13)19-20/h9,12,15,21H,3-8,10-11H2,1-2H3,(H,18,22)/t12-,15+/m1/s1. The minimum atomic E-state index is -0.288. The number of aliphatic hydroxyl groups excluding tert-OH is 1. The molecule has 0 aliphatic heterocycles. The number of nitrogens with one attached hydrogen (secondary N) is 1. The molecule has 0 unspecified atom stereocenters. The predicted molar refractivity (Wildman–Crippen MR) is 88.2 cm³/mol. The van der Waals surface area contributed by atoms with E-state index < -0.39 is 0 Å². The molecule has 0 aromatic carbocycles. The van der Waals surface area contributed by atoms with Gasteiger partial charge in [0, 0.05) is 6.07 Å². The van der Waals surface area contributed by atoms with E-state index in [-0.39, 0.29) is 36.6 Å². The maximum atomic E-state index is 12.2. The van der Waals surface area contributed by atoms with E-state index in [1.807, 2.05) is 13.8 Å². The first kappa shape index (κ1) is 17.7. The minimum Gasteiger partial charge on any atom is -0.394 e. The van der Waals surface area contributed by atoms with E-state index in [0.717, 1.165) is 49.8 Å². The molecule has 1 aromatic heterocycles. The molecule has 1 heterocycles. The number of aryl methyl sites for hydroxylation is 2. The number of hydrogen-bond acceptors (Lipinski definition) is 4. The Morgan fingerprint density at radius 2 is 2.13 bits per heavy atom. The van der Waals surface area contributed by atoms with Crippen molar-refractivity contribution in [1.82, 2.24) is 15.1 Å². The Bertz CT molecular complexity index is 597. The lowest BCUT2D eigenvalue weighted by molar-refractivity contribution is -0.123. The second-order valence-corrected chi connectivity index (χ2v) is 6.41. The highest BCUT2D eigenvalue weighted by molar-refractivity contribution is 5.76. The lowest BCUT2D eigenvalue weighted by Crippen LogP contribution is -2.44. The van der Waals surface area contributed by atoms with Gasteiger partial charge in [-0.05, 0) is 37.2 Å². The van der Waals surface area contributed by atoms with Gasteiger partial charge in [0.15, 0.2) is 0 Å². The van der Waals surface area contributed by atoms with Crippen molar-refractivity contribution in [2.45, 2.75) is 65.0 Å². The fourth-order valence-corrected chi connectivity index (χ4v) is 2.93. The summed E-state index contributed by atoms with van der Waals surface area (Å²) in [6, 6.07) is 1.34. The summed E-state index contributed by atoms with van der Waals surface area (Å²) in [7, 11) is 0. The van der Waals surface area contributed by atoms with Gasteiger partial charge in [0.1, 0.15) is 6.54 Å². The monoisotopic (exact) mass is 321 g/mol. The summed E-state index contributed by atoms with van der Waals surface area (Å²) in [5, 5.41) is 16.6. The third-order valence-electron chi connectivity index (χ3n) is 4.69. The maximum absolute atomic E-state index is 12.2. The molecule has 0 spiro atoms. The quantitative estimate of drug-likeness (QED) is 0.767. The van der Waals surface area contributed by atoms with Gasteiger partial charge in [0.05, 0.1) is 18.3 Å². The van der Waals surface area contributed by atoms with E-state index >= 15 is 0 Å². The first-order valence-corrected chi connectivity index (χ1v) is 8.55. The minimum absolute atomic E-state index is 0.0982. The highest BCUT2D eigenvalue weighted by Gasteiger charge is 2.19. The number of nitrogens with zero attached hydrogens (tertiary/aromatic N) is 2. The first-order chi connectivity index (χ1) is 11.0. The molecule has 2 atom stereocenters. The molecule has 0 bridgehead atoms. The zero-order chi connectivity index (χ0) is 16.8. The normalized spacial score (nSPS) is 17.0. The van der Waals surface area contributed by atoms with E-state index in [0.29, 0.717) is 0 Å². The van der Waals surface area contributed by atoms with Crippen molar-refractivity contribution in [3.8, 4) is 0 Å². The second-order valence-electron chi connectivity index (χ2n) is 6.41. The molecule has 23 heavy (non-hydrogen) atoms. The molecule has 0 saturated heterocycles. The number of rotatable bonds is 6. The van der Waals surface area contributed by atoms with Crippen LogP contribution in [0.3, 0.4) is 0 Å². The number of carbonyl (C=O) groups excluding carboxylic acids is 1. The van der Waals surface area contributed by atoms with Crippen molar-refractivity contribution < 1.29 is 9.90 Å². The maximum Gasteiger partial charge on any atom is 0.267 e. The van der Waals surface area contributed by atoms with Crippen LogP contribution in [0.1, 0.15) is 50.8 Å². The van der Waals surface area contributed by atoms with Gasteiger partial charge < -0.3 is 10.4 Å². The molecule has 2 N–H and O–H groups in total. The number of amides is 1. The van der Waals surface area contributed by atoms with Crippen molar-refractivity contribution >= 4 is 5.91 Å². The van der Waals surface area contributed by atoms with Crippen molar-refractivity contribution in [3.05, 3.63) is 27.7 Å². The number of aromatic nitrogens is 2. The summed E-state index contributed by atoms with van der Waals surface area (Å²) in [6.07, 6.45) is 5.94. The van der Waals surface area contributed by atoms with E-state index in [1.165, 1.54) is 4.68 Å². The summed E-state index contributed by atoms with van der Waals surface area (Å²) in [6.45, 7) is 3.79. The van der Waals surface area contributed by atoms with E-state index in [2.05, 4.69) is 10.4 Å². The van der Waals surface area contributed by atoms with Crippen molar-refractivity contribution in [2.75, 3.05) is 6.61 Å². The van der Waals surface area contributed by atoms with Gasteiger partial charge in [-0.25, -0.2) is 4.68 Å².